The van der Waals surface area contributed by atoms with Gasteiger partial charge < -0.3 is 0 Å². The number of carbonyl (C=O) groups excluding carboxylic acids is 1. The Hall–Kier alpha value is -3.20. The summed E-state index contributed by atoms with van der Waals surface area (Å²) in [7, 11) is 1.84. The minimum Gasteiger partial charge on any atom is -0.287 e. The van der Waals surface area contributed by atoms with E-state index < -0.39 is 0 Å². The summed E-state index contributed by atoms with van der Waals surface area (Å²) in [4.78, 5) is 13.0. The fraction of sp³-hybridized carbons (Fsp3) is 0.0476. The number of hydrogen-bond donors (Lipinski definition) is 0. The van der Waals surface area contributed by atoms with E-state index in [1.54, 1.807) is 5.01 Å². The summed E-state index contributed by atoms with van der Waals surface area (Å²) in [5, 5.41) is 6.32. The maximum atomic E-state index is 13.0. The summed E-state index contributed by atoms with van der Waals surface area (Å²) in [5.74, 6) is -0.0930. The van der Waals surface area contributed by atoms with Crippen LogP contribution in [0.4, 0.5) is 5.69 Å². The van der Waals surface area contributed by atoms with Gasteiger partial charge in [-0.3, -0.25) is 9.80 Å². The van der Waals surface area contributed by atoms with Crippen LogP contribution >= 0.6 is 0 Å². The molecule has 0 saturated carbocycles. The molecule has 0 atom stereocenters. The minimum absolute atomic E-state index is 0.0930. The second-order valence-corrected chi connectivity index (χ2v) is 5.37. The van der Waals surface area contributed by atoms with Crippen LogP contribution in [-0.2, 0) is 0 Å². The number of benzene rings is 3. The zero-order chi connectivity index (χ0) is 16.8. The van der Waals surface area contributed by atoms with E-state index in [2.05, 4.69) is 5.10 Å². The molecule has 3 rings (SSSR count). The highest BCUT2D eigenvalue weighted by Crippen LogP contribution is 2.15. The lowest BCUT2D eigenvalue weighted by atomic mass is 10.0. The average Bonchev–Trinajstić information content (AvgIpc) is 2.67. The Morgan fingerprint density at radius 2 is 1.17 bits per heavy atom. The van der Waals surface area contributed by atoms with Gasteiger partial charge in [-0.15, -0.1) is 0 Å². The minimum atomic E-state index is -0.0930. The number of nitrogens with zero attached hydrogens (tertiary/aromatic N) is 2. The van der Waals surface area contributed by atoms with Gasteiger partial charge >= 0.3 is 0 Å². The number of anilines is 1. The Balaban J connectivity index is 2.03. The number of ketones is 1. The molecule has 3 heteroatoms. The molecule has 0 aromatic heterocycles. The van der Waals surface area contributed by atoms with E-state index in [0.717, 1.165) is 11.3 Å². The third-order valence-corrected chi connectivity index (χ3v) is 3.68. The molecule has 3 aromatic rings. The number of Topliss-reactive ketones (excluding diaryl/α,β-unsaturated/α-hetero) is 1. The van der Waals surface area contributed by atoms with Crippen molar-refractivity contribution >= 4 is 17.2 Å². The molecule has 0 aliphatic heterocycles. The van der Waals surface area contributed by atoms with Gasteiger partial charge in [0.2, 0.25) is 5.78 Å². The number of carbonyl (C=O) groups is 1. The normalized spacial score (nSPS) is 11.1. The summed E-state index contributed by atoms with van der Waals surface area (Å²) in [6, 6.07) is 28.5. The fourth-order valence-corrected chi connectivity index (χ4v) is 2.41. The molecule has 0 heterocycles. The number of hydrazone groups is 1. The Morgan fingerprint density at radius 3 is 1.71 bits per heavy atom. The SMILES string of the molecule is CN(/N=C(\C(=O)c1ccccc1)c1ccccc1)c1ccccc1. The molecule has 0 saturated heterocycles. The Bertz CT molecular complexity index is 827. The maximum Gasteiger partial charge on any atom is 0.213 e. The van der Waals surface area contributed by atoms with Crippen molar-refractivity contribution in [2.24, 2.45) is 5.10 Å². The van der Waals surface area contributed by atoms with Crippen LogP contribution in [0.2, 0.25) is 0 Å². The molecule has 3 aromatic carbocycles. The lowest BCUT2D eigenvalue weighted by Crippen LogP contribution is -2.21. The monoisotopic (exact) mass is 314 g/mol. The molecule has 0 radical (unpaired) electrons. The van der Waals surface area contributed by atoms with Crippen LogP contribution in [0, 0.1) is 0 Å². The molecule has 0 aliphatic carbocycles. The Morgan fingerprint density at radius 1 is 0.708 bits per heavy atom. The van der Waals surface area contributed by atoms with E-state index in [-0.39, 0.29) is 5.78 Å². The van der Waals surface area contributed by atoms with Gasteiger partial charge in [-0.1, -0.05) is 78.9 Å². The average molecular weight is 314 g/mol. The van der Waals surface area contributed by atoms with Crippen molar-refractivity contribution in [3.8, 4) is 0 Å². The summed E-state index contributed by atoms with van der Waals surface area (Å²) < 4.78 is 0. The molecule has 0 unspecified atom stereocenters. The van der Waals surface area contributed by atoms with Crippen molar-refractivity contribution in [1.29, 1.82) is 0 Å². The second kappa shape index (κ2) is 7.38. The molecule has 0 fully saturated rings. The van der Waals surface area contributed by atoms with Crippen LogP contribution in [0.15, 0.2) is 96.1 Å². The summed E-state index contributed by atoms with van der Waals surface area (Å²) >= 11 is 0. The molecule has 0 aliphatic rings. The van der Waals surface area contributed by atoms with Gasteiger partial charge in [0.1, 0.15) is 5.71 Å². The number of para-hydroxylation sites is 1. The van der Waals surface area contributed by atoms with Gasteiger partial charge in [-0.2, -0.15) is 5.10 Å². The van der Waals surface area contributed by atoms with Crippen LogP contribution in [-0.4, -0.2) is 18.5 Å². The van der Waals surface area contributed by atoms with Crippen molar-refractivity contribution < 1.29 is 4.79 Å². The highest BCUT2D eigenvalue weighted by Gasteiger charge is 2.17. The predicted octanol–water partition coefficient (Wildman–Crippen LogP) is 4.41. The number of rotatable bonds is 5. The van der Waals surface area contributed by atoms with Crippen LogP contribution in [0.25, 0.3) is 0 Å². The summed E-state index contributed by atoms with van der Waals surface area (Å²) in [6.45, 7) is 0. The highest BCUT2D eigenvalue weighted by atomic mass is 16.1. The maximum absolute atomic E-state index is 13.0. The zero-order valence-electron chi connectivity index (χ0n) is 13.5. The lowest BCUT2D eigenvalue weighted by Gasteiger charge is -2.15. The van der Waals surface area contributed by atoms with Crippen LogP contribution < -0.4 is 5.01 Å². The van der Waals surface area contributed by atoms with E-state index in [4.69, 9.17) is 0 Å². The third-order valence-electron chi connectivity index (χ3n) is 3.68. The summed E-state index contributed by atoms with van der Waals surface area (Å²) in [5.41, 5.74) is 2.77. The smallest absolute Gasteiger partial charge is 0.213 e. The van der Waals surface area contributed by atoms with Crippen molar-refractivity contribution in [2.45, 2.75) is 0 Å². The predicted molar refractivity (Wildman–Crippen MR) is 98.6 cm³/mol. The molecule has 0 N–H and O–H groups in total. The van der Waals surface area contributed by atoms with Gasteiger partial charge in [-0.05, 0) is 12.1 Å². The fourth-order valence-electron chi connectivity index (χ4n) is 2.41. The van der Waals surface area contributed by atoms with Crippen molar-refractivity contribution in [1.82, 2.24) is 0 Å². The molecule has 3 nitrogen and oxygen atoms in total. The van der Waals surface area contributed by atoms with Crippen LogP contribution in [0.3, 0.4) is 0 Å². The molecular weight excluding hydrogens is 296 g/mol. The molecule has 118 valence electrons. The first-order valence-corrected chi connectivity index (χ1v) is 7.78. The molecule has 0 amide bonds. The van der Waals surface area contributed by atoms with E-state index in [9.17, 15) is 4.79 Å². The van der Waals surface area contributed by atoms with Gasteiger partial charge in [0.15, 0.2) is 0 Å². The van der Waals surface area contributed by atoms with E-state index in [1.807, 2.05) is 98.0 Å². The molecule has 0 bridgehead atoms. The highest BCUT2D eigenvalue weighted by molar-refractivity contribution is 6.51. The van der Waals surface area contributed by atoms with E-state index in [1.165, 1.54) is 0 Å². The molecule has 24 heavy (non-hydrogen) atoms. The second-order valence-electron chi connectivity index (χ2n) is 5.37. The van der Waals surface area contributed by atoms with Gasteiger partial charge in [0, 0.05) is 18.2 Å². The van der Waals surface area contributed by atoms with Gasteiger partial charge in [0.25, 0.3) is 0 Å². The molecule has 0 spiro atoms. The lowest BCUT2D eigenvalue weighted by molar-refractivity contribution is 0.106. The first kappa shape index (κ1) is 15.7. The quantitative estimate of drug-likeness (QED) is 0.397. The molecular formula is C21H18N2O. The first-order valence-electron chi connectivity index (χ1n) is 7.78. The Labute approximate surface area is 141 Å². The number of hydrogen-bond acceptors (Lipinski definition) is 3. The first-order chi connectivity index (χ1) is 11.8. The third kappa shape index (κ3) is 3.58. The van der Waals surface area contributed by atoms with Gasteiger partial charge in [-0.25, -0.2) is 0 Å². The Kier molecular flexibility index (Phi) is 4.82. The van der Waals surface area contributed by atoms with Crippen molar-refractivity contribution in [2.75, 3.05) is 12.1 Å². The van der Waals surface area contributed by atoms with Crippen LogP contribution in [0.5, 0.6) is 0 Å². The van der Waals surface area contributed by atoms with Crippen molar-refractivity contribution in [3.63, 3.8) is 0 Å². The van der Waals surface area contributed by atoms with Crippen molar-refractivity contribution in [3.05, 3.63) is 102 Å². The largest absolute Gasteiger partial charge is 0.287 e. The van der Waals surface area contributed by atoms with E-state index >= 15 is 0 Å². The van der Waals surface area contributed by atoms with Crippen LogP contribution in [0.1, 0.15) is 15.9 Å². The topological polar surface area (TPSA) is 32.7 Å². The standard InChI is InChI=1S/C21H18N2O/c1-23(19-15-9-4-10-16-19)22-20(17-11-5-2-6-12-17)21(24)18-13-7-3-8-14-18/h2-16H,1H3/b22-20-. The van der Waals surface area contributed by atoms with E-state index in [0.29, 0.717) is 11.3 Å². The van der Waals surface area contributed by atoms with Gasteiger partial charge in [0.05, 0.1) is 5.69 Å². The zero-order valence-corrected chi connectivity index (χ0v) is 13.5. The summed E-state index contributed by atoms with van der Waals surface area (Å²) in [6.07, 6.45) is 0.